The first-order chi connectivity index (χ1) is 11.6. The molecule has 0 bridgehead atoms. The van der Waals surface area contributed by atoms with Crippen LogP contribution in [0, 0.1) is 18.3 Å². The molecule has 0 aromatic heterocycles. The van der Waals surface area contributed by atoms with E-state index in [-0.39, 0.29) is 5.02 Å². The van der Waals surface area contributed by atoms with Crippen LogP contribution in [0.25, 0.3) is 0 Å². The molecule has 1 saturated heterocycles. The molecular formula is C16H15ClF3N3O2. The van der Waals surface area contributed by atoms with Crippen molar-refractivity contribution in [1.29, 1.82) is 5.26 Å². The first kappa shape index (κ1) is 18.0. The molecule has 2 aliphatic rings. The summed E-state index contributed by atoms with van der Waals surface area (Å²) >= 11 is 6.17. The van der Waals surface area contributed by atoms with E-state index in [0.717, 1.165) is 0 Å². The lowest BCUT2D eigenvalue weighted by atomic mass is 9.91. The second-order valence-electron chi connectivity index (χ2n) is 6.25. The number of nitrogens with zero attached hydrogens (tertiary/aromatic N) is 3. The maximum Gasteiger partial charge on any atom is 0.419 e. The monoisotopic (exact) mass is 373 g/mol. The van der Waals surface area contributed by atoms with E-state index in [1.165, 1.54) is 18.2 Å². The predicted molar refractivity (Wildman–Crippen MR) is 84.4 cm³/mol. The lowest BCUT2D eigenvalue weighted by molar-refractivity contribution is -0.254. The molecule has 1 fully saturated rings. The molecule has 3 atom stereocenters. The van der Waals surface area contributed by atoms with Gasteiger partial charge in [-0.3, -0.25) is 5.01 Å². The SMILES string of the molecule is CO[C@@H]1C(c2ccc(C#N)c(Cl)c2C)=NN2C[C@](O)(C(F)(F)F)C[C@@H]12. The van der Waals surface area contributed by atoms with Gasteiger partial charge in [-0.05, 0) is 18.6 Å². The van der Waals surface area contributed by atoms with Crippen LogP contribution in [0.4, 0.5) is 13.2 Å². The minimum atomic E-state index is -4.74. The van der Waals surface area contributed by atoms with Crippen LogP contribution in [0.15, 0.2) is 17.2 Å². The molecule has 134 valence electrons. The summed E-state index contributed by atoms with van der Waals surface area (Å²) in [5, 5.41) is 24.7. The summed E-state index contributed by atoms with van der Waals surface area (Å²) in [5.74, 6) is 0. The van der Waals surface area contributed by atoms with E-state index in [2.05, 4.69) is 5.10 Å². The Hall–Kier alpha value is -1.82. The molecule has 5 nitrogen and oxygen atoms in total. The first-order valence-electron chi connectivity index (χ1n) is 7.49. The molecule has 0 aliphatic carbocycles. The third kappa shape index (κ3) is 2.67. The van der Waals surface area contributed by atoms with E-state index >= 15 is 0 Å². The van der Waals surface area contributed by atoms with Gasteiger partial charge in [0, 0.05) is 19.1 Å². The summed E-state index contributed by atoms with van der Waals surface area (Å²) in [6.07, 6.45) is -6.00. The standard InChI is InChI=1S/C16H15ClF3N3O2/c1-8-10(4-3-9(6-21)12(8)17)13-14(25-2)11-5-15(24,16(18,19)20)7-23(11)22-13/h3-4,11,14,24H,5,7H2,1-2H3/t11-,14-,15-/m0/s1. The largest absolute Gasteiger partial charge is 0.419 e. The summed E-state index contributed by atoms with van der Waals surface area (Å²) < 4.78 is 44.7. The zero-order valence-electron chi connectivity index (χ0n) is 13.4. The number of fused-ring (bicyclic) bond motifs is 1. The number of methoxy groups -OCH3 is 1. The number of hydrogen-bond donors (Lipinski definition) is 1. The van der Waals surface area contributed by atoms with Gasteiger partial charge in [0.1, 0.15) is 12.2 Å². The topological polar surface area (TPSA) is 68.8 Å². The van der Waals surface area contributed by atoms with Gasteiger partial charge in [-0.2, -0.15) is 23.5 Å². The molecule has 9 heteroatoms. The number of benzene rings is 1. The molecule has 0 saturated carbocycles. The van der Waals surface area contributed by atoms with Crippen LogP contribution in [0.1, 0.15) is 23.1 Å². The molecule has 2 heterocycles. The van der Waals surface area contributed by atoms with Gasteiger partial charge in [0.05, 0.1) is 28.9 Å². The van der Waals surface area contributed by atoms with Gasteiger partial charge >= 0.3 is 6.18 Å². The molecule has 3 rings (SSSR count). The van der Waals surface area contributed by atoms with Crippen molar-refractivity contribution in [2.45, 2.75) is 37.3 Å². The van der Waals surface area contributed by atoms with Crippen molar-refractivity contribution < 1.29 is 23.0 Å². The van der Waals surface area contributed by atoms with Crippen molar-refractivity contribution in [3.63, 3.8) is 0 Å². The molecule has 0 spiro atoms. The van der Waals surface area contributed by atoms with Crippen LogP contribution < -0.4 is 0 Å². The maximum atomic E-state index is 13.1. The molecule has 1 aromatic carbocycles. The summed E-state index contributed by atoms with van der Waals surface area (Å²) in [4.78, 5) is 0. The van der Waals surface area contributed by atoms with Crippen LogP contribution in [0.2, 0.25) is 5.02 Å². The number of nitriles is 1. The summed E-state index contributed by atoms with van der Waals surface area (Å²) in [6.45, 7) is 1.07. The predicted octanol–water partition coefficient (Wildman–Crippen LogP) is 2.62. The fourth-order valence-corrected chi connectivity index (χ4v) is 3.59. The number of rotatable bonds is 2. The Morgan fingerprint density at radius 2 is 2.16 bits per heavy atom. The van der Waals surface area contributed by atoms with E-state index in [4.69, 9.17) is 21.6 Å². The van der Waals surface area contributed by atoms with Crippen molar-refractivity contribution in [2.75, 3.05) is 13.7 Å². The van der Waals surface area contributed by atoms with E-state index in [1.807, 2.05) is 6.07 Å². The van der Waals surface area contributed by atoms with Gasteiger partial charge < -0.3 is 9.84 Å². The average Bonchev–Trinajstić information content (AvgIpc) is 3.03. The molecule has 1 aromatic rings. The fraction of sp³-hybridized carbons (Fsp3) is 0.500. The van der Waals surface area contributed by atoms with Crippen LogP contribution >= 0.6 is 11.6 Å². The zero-order chi connectivity index (χ0) is 18.6. The Kier molecular flexibility index (Phi) is 4.22. The molecule has 0 radical (unpaired) electrons. The highest BCUT2D eigenvalue weighted by Crippen LogP contribution is 2.44. The van der Waals surface area contributed by atoms with E-state index in [9.17, 15) is 18.3 Å². The summed E-state index contributed by atoms with van der Waals surface area (Å²) in [6, 6.07) is 4.45. The minimum Gasteiger partial charge on any atom is -0.379 e. The van der Waals surface area contributed by atoms with Crippen molar-refractivity contribution in [1.82, 2.24) is 5.01 Å². The third-order valence-corrected chi connectivity index (χ3v) is 5.26. The molecule has 25 heavy (non-hydrogen) atoms. The lowest BCUT2D eigenvalue weighted by Crippen LogP contribution is -2.47. The van der Waals surface area contributed by atoms with Gasteiger partial charge in [0.25, 0.3) is 0 Å². The number of aliphatic hydroxyl groups is 1. The van der Waals surface area contributed by atoms with E-state index < -0.39 is 36.9 Å². The Balaban J connectivity index is 2.00. The van der Waals surface area contributed by atoms with E-state index in [1.54, 1.807) is 13.0 Å². The summed E-state index contributed by atoms with van der Waals surface area (Å²) in [5.41, 5.74) is -0.835. The normalized spacial score (nSPS) is 28.7. The third-order valence-electron chi connectivity index (χ3n) is 4.77. The smallest absolute Gasteiger partial charge is 0.379 e. The Labute approximate surface area is 147 Å². The number of alkyl halides is 3. The van der Waals surface area contributed by atoms with Crippen molar-refractivity contribution in [2.24, 2.45) is 5.10 Å². The first-order valence-corrected chi connectivity index (χ1v) is 7.87. The van der Waals surface area contributed by atoms with Crippen molar-refractivity contribution in [3.05, 3.63) is 33.8 Å². The van der Waals surface area contributed by atoms with Gasteiger partial charge in [0.2, 0.25) is 0 Å². The quantitative estimate of drug-likeness (QED) is 0.865. The van der Waals surface area contributed by atoms with Crippen molar-refractivity contribution >= 4 is 17.3 Å². The van der Waals surface area contributed by atoms with Crippen LogP contribution in [0.3, 0.4) is 0 Å². The highest BCUT2D eigenvalue weighted by molar-refractivity contribution is 6.33. The number of hydrazone groups is 1. The van der Waals surface area contributed by atoms with Crippen LogP contribution in [0.5, 0.6) is 0 Å². The molecule has 0 unspecified atom stereocenters. The van der Waals surface area contributed by atoms with Gasteiger partial charge in [-0.15, -0.1) is 0 Å². The second-order valence-corrected chi connectivity index (χ2v) is 6.63. The summed E-state index contributed by atoms with van der Waals surface area (Å²) in [7, 11) is 1.38. The van der Waals surface area contributed by atoms with Gasteiger partial charge in [0.15, 0.2) is 5.60 Å². The Bertz CT molecular complexity index is 790. The lowest BCUT2D eigenvalue weighted by Gasteiger charge is -2.26. The number of hydrogen-bond acceptors (Lipinski definition) is 5. The minimum absolute atomic E-state index is 0.274. The number of ether oxygens (including phenoxy) is 1. The average molecular weight is 374 g/mol. The van der Waals surface area contributed by atoms with Crippen molar-refractivity contribution in [3.8, 4) is 6.07 Å². The van der Waals surface area contributed by atoms with Gasteiger partial charge in [-0.1, -0.05) is 17.7 Å². The Morgan fingerprint density at radius 1 is 1.48 bits per heavy atom. The van der Waals surface area contributed by atoms with Crippen LogP contribution in [-0.4, -0.2) is 53.4 Å². The second kappa shape index (κ2) is 5.87. The molecule has 0 amide bonds. The highest BCUT2D eigenvalue weighted by Gasteiger charge is 2.63. The fourth-order valence-electron chi connectivity index (χ4n) is 3.38. The molecular weight excluding hydrogens is 359 g/mol. The maximum absolute atomic E-state index is 13.1. The Morgan fingerprint density at radius 3 is 2.72 bits per heavy atom. The van der Waals surface area contributed by atoms with E-state index in [0.29, 0.717) is 22.4 Å². The van der Waals surface area contributed by atoms with Crippen LogP contribution in [-0.2, 0) is 4.74 Å². The highest BCUT2D eigenvalue weighted by atomic mass is 35.5. The zero-order valence-corrected chi connectivity index (χ0v) is 14.2. The molecule has 2 aliphatic heterocycles. The van der Waals surface area contributed by atoms with Gasteiger partial charge in [-0.25, -0.2) is 0 Å². The molecule has 1 N–H and O–H groups in total. The number of halogens is 4.